The lowest BCUT2D eigenvalue weighted by Gasteiger charge is -2.59. The second-order valence-corrected chi connectivity index (χ2v) is 13.2. The number of rotatable bonds is 4. The third kappa shape index (κ3) is 3.11. The maximum Gasteiger partial charge on any atom is 0.336 e. The molecule has 1 spiro atoms. The van der Waals surface area contributed by atoms with Crippen LogP contribution in [0.25, 0.3) is 10.4 Å². The molecule has 1 saturated heterocycles. The maximum absolute atomic E-state index is 13.7. The van der Waals surface area contributed by atoms with Crippen LogP contribution in [0.15, 0.2) is 16.3 Å². The Kier molecular flexibility index (Phi) is 5.68. The zero-order valence-corrected chi connectivity index (χ0v) is 22.2. The second-order valence-electron chi connectivity index (χ2n) is 13.2. The van der Waals surface area contributed by atoms with Gasteiger partial charge in [0.15, 0.2) is 0 Å². The quantitative estimate of drug-likeness (QED) is 0.192. The summed E-state index contributed by atoms with van der Waals surface area (Å²) in [5.41, 5.74) is 8.68. The van der Waals surface area contributed by atoms with Crippen LogP contribution >= 0.6 is 0 Å². The molecular weight excluding hydrogens is 474 g/mol. The fraction of sp³-hybridized carbons (Fsp3) is 0.857. The largest absolute Gasteiger partial charge is 0.458 e. The summed E-state index contributed by atoms with van der Waals surface area (Å²) in [5.74, 6) is 1.20. The molecule has 0 aromatic carbocycles. The number of carbonyl (C=O) groups is 2. The van der Waals surface area contributed by atoms with Gasteiger partial charge < -0.3 is 19.7 Å². The van der Waals surface area contributed by atoms with Gasteiger partial charge >= 0.3 is 5.97 Å². The normalized spacial score (nSPS) is 51.2. The number of ketones is 1. The van der Waals surface area contributed by atoms with Crippen LogP contribution in [0.4, 0.5) is 0 Å². The fourth-order valence-electron chi connectivity index (χ4n) is 10.2. The molecule has 0 bridgehead atoms. The number of ether oxygens (including phenoxy) is 2. The Labute approximate surface area is 217 Å². The van der Waals surface area contributed by atoms with E-state index in [9.17, 15) is 19.8 Å². The number of carbonyl (C=O) groups excluding carboxylic acids is 2. The molecule has 12 atom stereocenters. The van der Waals surface area contributed by atoms with Crippen molar-refractivity contribution in [2.24, 2.45) is 45.5 Å². The van der Waals surface area contributed by atoms with Gasteiger partial charge in [-0.05, 0) is 86.5 Å². The number of hydrogen-bond acceptors (Lipinski definition) is 7. The molecule has 37 heavy (non-hydrogen) atoms. The van der Waals surface area contributed by atoms with Gasteiger partial charge in [0.25, 0.3) is 0 Å². The molecule has 2 heterocycles. The standard InChI is InChI=1S/C28H39N3O6/c1-13-9-21(36-25(35)16(13)12-32)14(2)17-5-6-18-15-10-23-28(37-23)24(34)20(30-31-29)11-22(33)27(28,4)19(15)7-8-26(17,18)3/h14-15,17-21,23-24,32,34H,5-12H2,1-4H3/t14-,15?,17+,18?,19?,20-,21+,23+,24-,26+,27-,28-/m0/s1. The molecule has 0 aromatic heterocycles. The maximum atomic E-state index is 13.7. The summed E-state index contributed by atoms with van der Waals surface area (Å²) in [4.78, 5) is 29.1. The lowest BCUT2D eigenvalue weighted by molar-refractivity contribution is -0.168. The number of nitrogens with zero attached hydrogens (tertiary/aromatic N) is 3. The van der Waals surface area contributed by atoms with Gasteiger partial charge in [-0.3, -0.25) is 4.79 Å². The predicted octanol–water partition coefficient (Wildman–Crippen LogP) is 3.87. The van der Waals surface area contributed by atoms with E-state index in [0.29, 0.717) is 29.7 Å². The number of epoxide rings is 1. The van der Waals surface area contributed by atoms with Crippen molar-refractivity contribution in [2.45, 2.75) is 103 Å². The van der Waals surface area contributed by atoms with Gasteiger partial charge in [0.05, 0.1) is 35.8 Å². The molecule has 2 N–H and O–H groups in total. The van der Waals surface area contributed by atoms with Gasteiger partial charge in [-0.25, -0.2) is 4.79 Å². The highest BCUT2D eigenvalue weighted by Gasteiger charge is 2.82. The van der Waals surface area contributed by atoms with Crippen molar-refractivity contribution in [3.05, 3.63) is 21.6 Å². The molecule has 6 aliphatic rings. The number of hydrogen-bond donors (Lipinski definition) is 2. The first-order chi connectivity index (χ1) is 17.5. The van der Waals surface area contributed by atoms with E-state index in [2.05, 4.69) is 23.9 Å². The van der Waals surface area contributed by atoms with E-state index >= 15 is 0 Å². The Hall–Kier alpha value is -1.93. The topological polar surface area (TPSA) is 145 Å². The van der Waals surface area contributed by atoms with E-state index in [-0.39, 0.29) is 54.2 Å². The van der Waals surface area contributed by atoms with Crippen LogP contribution < -0.4 is 0 Å². The summed E-state index contributed by atoms with van der Waals surface area (Å²) >= 11 is 0. The minimum Gasteiger partial charge on any atom is -0.458 e. The van der Waals surface area contributed by atoms with Crippen molar-refractivity contribution in [3.8, 4) is 0 Å². The Balaban J connectivity index is 1.26. The summed E-state index contributed by atoms with van der Waals surface area (Å²) in [7, 11) is 0. The van der Waals surface area contributed by atoms with Crippen molar-refractivity contribution in [3.63, 3.8) is 0 Å². The molecule has 3 unspecified atom stereocenters. The van der Waals surface area contributed by atoms with Crippen LogP contribution in [0.3, 0.4) is 0 Å². The number of Topliss-reactive ketones (excluding diaryl/α,β-unsaturated/α-hetero) is 1. The predicted molar refractivity (Wildman–Crippen MR) is 133 cm³/mol. The average molecular weight is 514 g/mol. The molecule has 2 aliphatic heterocycles. The highest BCUT2D eigenvalue weighted by molar-refractivity contribution is 5.90. The van der Waals surface area contributed by atoms with Crippen LogP contribution in [0.2, 0.25) is 0 Å². The molecular formula is C28H39N3O6. The molecule has 0 amide bonds. The third-order valence-electron chi connectivity index (χ3n) is 12.2. The molecule has 202 valence electrons. The van der Waals surface area contributed by atoms with Gasteiger partial charge in [0.2, 0.25) is 0 Å². The van der Waals surface area contributed by atoms with E-state index < -0.39 is 23.2 Å². The van der Waals surface area contributed by atoms with E-state index in [1.54, 1.807) is 0 Å². The van der Waals surface area contributed by atoms with Gasteiger partial charge in [0.1, 0.15) is 17.5 Å². The van der Waals surface area contributed by atoms with Gasteiger partial charge in [-0.1, -0.05) is 24.5 Å². The number of aliphatic hydroxyl groups excluding tert-OH is 2. The Bertz CT molecular complexity index is 1120. The van der Waals surface area contributed by atoms with Crippen molar-refractivity contribution in [1.82, 2.24) is 0 Å². The van der Waals surface area contributed by atoms with E-state index in [1.807, 2.05) is 13.8 Å². The summed E-state index contributed by atoms with van der Waals surface area (Å²) in [5, 5.41) is 24.5. The van der Waals surface area contributed by atoms with Gasteiger partial charge in [-0.15, -0.1) is 0 Å². The monoisotopic (exact) mass is 513 g/mol. The van der Waals surface area contributed by atoms with E-state index in [4.69, 9.17) is 15.0 Å². The fourth-order valence-corrected chi connectivity index (χ4v) is 10.2. The van der Waals surface area contributed by atoms with Crippen LogP contribution in [0.5, 0.6) is 0 Å². The summed E-state index contributed by atoms with van der Waals surface area (Å²) in [6.45, 7) is 8.27. The highest BCUT2D eigenvalue weighted by atomic mass is 16.6. The van der Waals surface area contributed by atoms with Crippen molar-refractivity contribution >= 4 is 11.8 Å². The summed E-state index contributed by atoms with van der Waals surface area (Å²) in [6.07, 6.45) is 4.28. The number of fused-ring (bicyclic) bond motifs is 4. The number of azide groups is 1. The molecule has 4 saturated carbocycles. The molecule has 9 nitrogen and oxygen atoms in total. The minimum absolute atomic E-state index is 0.0648. The van der Waals surface area contributed by atoms with Crippen LogP contribution in [0.1, 0.15) is 72.6 Å². The lowest BCUT2D eigenvalue weighted by atomic mass is 9.43. The molecule has 0 aromatic rings. The first-order valence-electron chi connectivity index (χ1n) is 14.0. The third-order valence-corrected chi connectivity index (χ3v) is 12.2. The van der Waals surface area contributed by atoms with Crippen molar-refractivity contribution in [2.75, 3.05) is 6.61 Å². The summed E-state index contributed by atoms with van der Waals surface area (Å²) < 4.78 is 12.1. The first kappa shape index (κ1) is 25.4. The SMILES string of the molecule is CC1=C(CO)C(=O)O[C@@H]([C@@H](C)[C@H]2CCC3C4C[C@H]5O[C@]56[C@@H](O)[C@@H](N=[N+]=[N-])CC(=O)[C@]6(C)C4CC[C@@]32C)C1. The number of cyclic esters (lactones) is 1. The smallest absolute Gasteiger partial charge is 0.336 e. The summed E-state index contributed by atoms with van der Waals surface area (Å²) in [6, 6.07) is -0.764. The first-order valence-corrected chi connectivity index (χ1v) is 14.0. The Morgan fingerprint density at radius 2 is 1.95 bits per heavy atom. The van der Waals surface area contributed by atoms with E-state index in [0.717, 1.165) is 37.7 Å². The zero-order chi connectivity index (χ0) is 26.5. The molecule has 6 rings (SSSR count). The molecule has 4 aliphatic carbocycles. The Morgan fingerprint density at radius 1 is 1.19 bits per heavy atom. The molecule has 0 radical (unpaired) electrons. The Morgan fingerprint density at radius 3 is 2.62 bits per heavy atom. The van der Waals surface area contributed by atoms with Crippen molar-refractivity contribution < 1.29 is 29.3 Å². The zero-order valence-electron chi connectivity index (χ0n) is 22.2. The average Bonchev–Trinajstić information content (AvgIpc) is 3.49. The van der Waals surface area contributed by atoms with Crippen molar-refractivity contribution in [1.29, 1.82) is 0 Å². The molecule has 5 fully saturated rings. The highest BCUT2D eigenvalue weighted by Crippen LogP contribution is 2.73. The number of aliphatic hydroxyl groups is 2. The van der Waals surface area contributed by atoms with Gasteiger partial charge in [-0.2, -0.15) is 0 Å². The van der Waals surface area contributed by atoms with Crippen LogP contribution in [-0.2, 0) is 19.1 Å². The molecule has 9 heteroatoms. The lowest BCUT2D eigenvalue weighted by Crippen LogP contribution is -2.67. The van der Waals surface area contributed by atoms with Crippen LogP contribution in [0, 0.1) is 40.4 Å². The van der Waals surface area contributed by atoms with Gasteiger partial charge in [0, 0.05) is 17.8 Å². The van der Waals surface area contributed by atoms with E-state index in [1.165, 1.54) is 0 Å². The number of esters is 1. The second kappa shape index (κ2) is 8.28. The minimum atomic E-state index is -0.956. The van der Waals surface area contributed by atoms with Crippen LogP contribution in [-0.4, -0.2) is 58.5 Å².